The first-order chi connectivity index (χ1) is 10.3. The highest BCUT2D eigenvalue weighted by Gasteiger charge is 2.35. The van der Waals surface area contributed by atoms with Gasteiger partial charge in [0, 0.05) is 25.9 Å². The van der Waals surface area contributed by atoms with Gasteiger partial charge in [0.1, 0.15) is 0 Å². The Balaban J connectivity index is 2.30. The third-order valence-electron chi connectivity index (χ3n) is 3.47. The van der Waals surface area contributed by atoms with E-state index < -0.39 is 11.7 Å². The van der Waals surface area contributed by atoms with Crippen LogP contribution in [0.4, 0.5) is 18.9 Å². The summed E-state index contributed by atoms with van der Waals surface area (Å²) >= 11 is 0. The molecule has 1 aromatic rings. The topological polar surface area (TPSA) is 45.5 Å². The molecule has 2 unspecified atom stereocenters. The van der Waals surface area contributed by atoms with Crippen LogP contribution < -0.4 is 4.90 Å². The Bertz CT molecular complexity index is 569. The van der Waals surface area contributed by atoms with Crippen LogP contribution in [0.2, 0.25) is 0 Å². The molecule has 0 amide bonds. The van der Waals surface area contributed by atoms with E-state index in [9.17, 15) is 13.2 Å². The molecule has 1 saturated heterocycles. The number of rotatable bonds is 3. The number of morpholine rings is 1. The molecule has 4 nitrogen and oxygen atoms in total. The van der Waals surface area contributed by atoms with Crippen LogP contribution in [0.5, 0.6) is 0 Å². The molecule has 1 aliphatic rings. The van der Waals surface area contributed by atoms with Crippen molar-refractivity contribution >= 4 is 5.69 Å². The number of alkyl halides is 3. The lowest BCUT2D eigenvalue weighted by Crippen LogP contribution is -2.48. The van der Waals surface area contributed by atoms with Crippen molar-refractivity contribution in [1.29, 1.82) is 5.26 Å². The summed E-state index contributed by atoms with van der Waals surface area (Å²) in [5, 5.41) is 8.84. The minimum atomic E-state index is -4.55. The molecule has 7 heteroatoms. The van der Waals surface area contributed by atoms with Crippen LogP contribution in [0.15, 0.2) is 18.2 Å². The normalized spacial score (nSPS) is 22.5. The minimum absolute atomic E-state index is 0.112. The molecule has 1 fully saturated rings. The molecule has 120 valence electrons. The van der Waals surface area contributed by atoms with E-state index in [1.807, 2.05) is 11.8 Å². The van der Waals surface area contributed by atoms with Crippen LogP contribution in [0.1, 0.15) is 18.1 Å². The summed E-state index contributed by atoms with van der Waals surface area (Å²) in [5.74, 6) is 0. The molecule has 0 aromatic heterocycles. The van der Waals surface area contributed by atoms with Crippen LogP contribution >= 0.6 is 0 Å². The smallest absolute Gasteiger partial charge is 0.382 e. The predicted octanol–water partition coefficient (Wildman–Crippen LogP) is 2.82. The van der Waals surface area contributed by atoms with E-state index in [1.54, 1.807) is 13.2 Å². The fraction of sp³-hybridized carbons (Fsp3) is 0.533. The highest BCUT2D eigenvalue weighted by Crippen LogP contribution is 2.35. The number of hydrogen-bond donors (Lipinski definition) is 0. The van der Waals surface area contributed by atoms with Crippen molar-refractivity contribution in [2.24, 2.45) is 0 Å². The molecule has 1 heterocycles. The fourth-order valence-corrected chi connectivity index (χ4v) is 2.59. The summed E-state index contributed by atoms with van der Waals surface area (Å²) in [6, 6.07) is 5.36. The zero-order valence-corrected chi connectivity index (χ0v) is 12.4. The Morgan fingerprint density at radius 2 is 2.14 bits per heavy atom. The van der Waals surface area contributed by atoms with Crippen LogP contribution in [-0.2, 0) is 15.7 Å². The number of methoxy groups -OCH3 is 1. The second-order valence-electron chi connectivity index (χ2n) is 5.27. The highest BCUT2D eigenvalue weighted by molar-refractivity contribution is 5.55. The van der Waals surface area contributed by atoms with Crippen LogP contribution in [-0.4, -0.2) is 39.0 Å². The maximum absolute atomic E-state index is 13.0. The third-order valence-corrected chi connectivity index (χ3v) is 3.47. The quantitative estimate of drug-likeness (QED) is 0.860. The fourth-order valence-electron chi connectivity index (χ4n) is 2.59. The van der Waals surface area contributed by atoms with Gasteiger partial charge in [-0.15, -0.1) is 0 Å². The molecular formula is C15H17F3N2O2. The van der Waals surface area contributed by atoms with E-state index in [2.05, 4.69) is 0 Å². The van der Waals surface area contributed by atoms with Gasteiger partial charge in [-0.1, -0.05) is 0 Å². The number of nitrogens with zero attached hydrogens (tertiary/aromatic N) is 2. The lowest BCUT2D eigenvalue weighted by atomic mass is 10.1. The van der Waals surface area contributed by atoms with Gasteiger partial charge in [0.15, 0.2) is 0 Å². The molecular weight excluding hydrogens is 297 g/mol. The van der Waals surface area contributed by atoms with Gasteiger partial charge in [-0.25, -0.2) is 0 Å². The molecule has 2 atom stereocenters. The number of anilines is 1. The molecule has 22 heavy (non-hydrogen) atoms. The Labute approximate surface area is 127 Å². The van der Waals surface area contributed by atoms with Crippen LogP contribution in [0.25, 0.3) is 0 Å². The summed E-state index contributed by atoms with van der Waals surface area (Å²) in [6.45, 7) is 3.18. The lowest BCUT2D eigenvalue weighted by Gasteiger charge is -2.38. The molecule has 0 bridgehead atoms. The van der Waals surface area contributed by atoms with Gasteiger partial charge in [0.2, 0.25) is 0 Å². The largest absolute Gasteiger partial charge is 0.417 e. The first kappa shape index (κ1) is 16.6. The molecule has 2 rings (SSSR count). The van der Waals surface area contributed by atoms with E-state index >= 15 is 0 Å². The van der Waals surface area contributed by atoms with Gasteiger partial charge in [-0.05, 0) is 25.1 Å². The molecule has 0 N–H and O–H groups in total. The number of hydrogen-bond acceptors (Lipinski definition) is 4. The van der Waals surface area contributed by atoms with Crippen molar-refractivity contribution in [1.82, 2.24) is 0 Å². The Morgan fingerprint density at radius 1 is 1.41 bits per heavy atom. The molecule has 0 saturated carbocycles. The van der Waals surface area contributed by atoms with Crippen LogP contribution in [0.3, 0.4) is 0 Å². The average Bonchev–Trinajstić information content (AvgIpc) is 2.45. The zero-order valence-electron chi connectivity index (χ0n) is 12.4. The SMILES string of the molecule is COCC1CN(c2ccc(C#N)c(C(F)(F)F)c2)CC(C)O1. The van der Waals surface area contributed by atoms with Gasteiger partial charge in [0.05, 0.1) is 36.0 Å². The van der Waals surface area contributed by atoms with Gasteiger partial charge in [-0.2, -0.15) is 18.4 Å². The van der Waals surface area contributed by atoms with Crippen molar-refractivity contribution < 1.29 is 22.6 Å². The summed E-state index contributed by atoms with van der Waals surface area (Å²) in [6.07, 6.45) is -4.86. The Hall–Kier alpha value is -1.78. The average molecular weight is 314 g/mol. The zero-order chi connectivity index (χ0) is 16.3. The number of ether oxygens (including phenoxy) is 2. The lowest BCUT2D eigenvalue weighted by molar-refractivity contribution is -0.137. The molecule has 1 aliphatic heterocycles. The molecule has 0 aliphatic carbocycles. The van der Waals surface area contributed by atoms with Gasteiger partial charge < -0.3 is 14.4 Å². The van der Waals surface area contributed by atoms with Gasteiger partial charge in [0.25, 0.3) is 0 Å². The number of nitriles is 1. The highest BCUT2D eigenvalue weighted by atomic mass is 19.4. The second-order valence-corrected chi connectivity index (χ2v) is 5.27. The van der Waals surface area contributed by atoms with Gasteiger partial charge >= 0.3 is 6.18 Å². The maximum Gasteiger partial charge on any atom is 0.417 e. The maximum atomic E-state index is 13.0. The number of benzene rings is 1. The van der Waals surface area contributed by atoms with E-state index in [4.69, 9.17) is 14.7 Å². The summed E-state index contributed by atoms with van der Waals surface area (Å²) in [4.78, 5) is 1.83. The van der Waals surface area contributed by atoms with Crippen molar-refractivity contribution in [2.75, 3.05) is 31.7 Å². The molecule has 0 radical (unpaired) electrons. The van der Waals surface area contributed by atoms with E-state index in [0.717, 1.165) is 6.07 Å². The number of halogens is 3. The standard InChI is InChI=1S/C15H17F3N2O2/c1-10-7-20(8-13(22-10)9-21-2)12-4-3-11(6-19)14(5-12)15(16,17)18/h3-5,10,13H,7-9H2,1-2H3. The van der Waals surface area contributed by atoms with Crippen LogP contribution in [0, 0.1) is 11.3 Å². The van der Waals surface area contributed by atoms with Gasteiger partial charge in [-0.3, -0.25) is 0 Å². The third kappa shape index (κ3) is 3.70. The minimum Gasteiger partial charge on any atom is -0.382 e. The Morgan fingerprint density at radius 3 is 2.73 bits per heavy atom. The predicted molar refractivity (Wildman–Crippen MR) is 74.6 cm³/mol. The van der Waals surface area contributed by atoms with Crippen molar-refractivity contribution in [3.05, 3.63) is 29.3 Å². The molecule has 0 spiro atoms. The summed E-state index contributed by atoms with van der Waals surface area (Å²) in [7, 11) is 1.55. The summed E-state index contributed by atoms with van der Waals surface area (Å²) < 4.78 is 49.9. The summed E-state index contributed by atoms with van der Waals surface area (Å²) in [5.41, 5.74) is -0.844. The first-order valence-corrected chi connectivity index (χ1v) is 6.86. The van der Waals surface area contributed by atoms with E-state index in [1.165, 1.54) is 12.1 Å². The Kier molecular flexibility index (Phi) is 4.94. The van der Waals surface area contributed by atoms with E-state index in [-0.39, 0.29) is 17.8 Å². The second kappa shape index (κ2) is 6.55. The first-order valence-electron chi connectivity index (χ1n) is 6.86. The van der Waals surface area contributed by atoms with E-state index in [0.29, 0.717) is 25.4 Å². The van der Waals surface area contributed by atoms with Crippen molar-refractivity contribution in [2.45, 2.75) is 25.3 Å². The van der Waals surface area contributed by atoms with Crippen molar-refractivity contribution in [3.8, 4) is 6.07 Å². The molecule has 1 aromatic carbocycles. The van der Waals surface area contributed by atoms with Crippen molar-refractivity contribution in [3.63, 3.8) is 0 Å². The monoisotopic (exact) mass is 314 g/mol.